The number of carbonyl (C=O) groups is 1. The van der Waals surface area contributed by atoms with Crippen LogP contribution in [0.15, 0.2) is 24.3 Å². The van der Waals surface area contributed by atoms with Crippen LogP contribution in [0.4, 0.5) is 5.69 Å². The summed E-state index contributed by atoms with van der Waals surface area (Å²) >= 11 is 11.4. The standard InChI is InChI=1S/C17H25ClN4O2S/c1-24-12-2-7-19-16(23)13-21-8-10-22(11-9-21)17(25)20-15-5-3-14(18)4-6-15/h3-6H,2,7-13H2,1H3,(H,19,23)(H,20,25). The molecule has 1 amide bonds. The van der Waals surface area contributed by atoms with Crippen LogP contribution >= 0.6 is 23.8 Å². The second-order valence-electron chi connectivity index (χ2n) is 5.90. The minimum Gasteiger partial charge on any atom is -0.385 e. The summed E-state index contributed by atoms with van der Waals surface area (Å²) in [5.41, 5.74) is 0.923. The zero-order valence-corrected chi connectivity index (χ0v) is 16.0. The number of rotatable bonds is 7. The van der Waals surface area contributed by atoms with Gasteiger partial charge in [0.25, 0.3) is 0 Å². The Morgan fingerprint density at radius 1 is 1.24 bits per heavy atom. The Morgan fingerprint density at radius 2 is 1.92 bits per heavy atom. The van der Waals surface area contributed by atoms with Crippen molar-refractivity contribution in [2.24, 2.45) is 0 Å². The highest BCUT2D eigenvalue weighted by molar-refractivity contribution is 7.80. The maximum absolute atomic E-state index is 11.9. The van der Waals surface area contributed by atoms with Gasteiger partial charge in [0.15, 0.2) is 5.11 Å². The topological polar surface area (TPSA) is 56.8 Å². The van der Waals surface area contributed by atoms with E-state index in [-0.39, 0.29) is 5.91 Å². The average molecular weight is 385 g/mol. The van der Waals surface area contributed by atoms with Gasteiger partial charge in [0, 0.05) is 57.2 Å². The van der Waals surface area contributed by atoms with E-state index in [4.69, 9.17) is 28.6 Å². The Bertz CT molecular complexity index is 562. The molecule has 1 aromatic carbocycles. The highest BCUT2D eigenvalue weighted by Crippen LogP contribution is 2.14. The van der Waals surface area contributed by atoms with Crippen LogP contribution in [0.25, 0.3) is 0 Å². The van der Waals surface area contributed by atoms with E-state index < -0.39 is 0 Å². The molecule has 8 heteroatoms. The second-order valence-corrected chi connectivity index (χ2v) is 6.72. The van der Waals surface area contributed by atoms with Gasteiger partial charge < -0.3 is 20.3 Å². The first-order chi connectivity index (χ1) is 12.1. The predicted octanol–water partition coefficient (Wildman–Crippen LogP) is 1.81. The number of amides is 1. The minimum absolute atomic E-state index is 0.0615. The first-order valence-corrected chi connectivity index (χ1v) is 9.16. The summed E-state index contributed by atoms with van der Waals surface area (Å²) in [6.07, 6.45) is 0.834. The van der Waals surface area contributed by atoms with Crippen LogP contribution in [0, 0.1) is 0 Å². The lowest BCUT2D eigenvalue weighted by Crippen LogP contribution is -2.52. The number of ether oxygens (including phenoxy) is 1. The zero-order chi connectivity index (χ0) is 18.1. The Hall–Kier alpha value is -1.41. The van der Waals surface area contributed by atoms with Crippen molar-refractivity contribution in [2.75, 3.05) is 58.3 Å². The van der Waals surface area contributed by atoms with Crippen LogP contribution in [0.5, 0.6) is 0 Å². The van der Waals surface area contributed by atoms with Gasteiger partial charge in [-0.1, -0.05) is 11.6 Å². The minimum atomic E-state index is 0.0615. The maximum atomic E-state index is 11.9. The summed E-state index contributed by atoms with van der Waals surface area (Å²) in [6, 6.07) is 7.46. The summed E-state index contributed by atoms with van der Waals surface area (Å²) in [5, 5.41) is 7.54. The number of hydrogen-bond donors (Lipinski definition) is 2. The quantitative estimate of drug-likeness (QED) is 0.552. The zero-order valence-electron chi connectivity index (χ0n) is 14.5. The number of piperazine rings is 1. The van der Waals surface area contributed by atoms with E-state index in [2.05, 4.69) is 20.4 Å². The lowest BCUT2D eigenvalue weighted by Gasteiger charge is -2.35. The molecule has 0 unspecified atom stereocenters. The molecule has 1 heterocycles. The number of carbonyl (C=O) groups excluding carboxylic acids is 1. The Morgan fingerprint density at radius 3 is 2.56 bits per heavy atom. The predicted molar refractivity (Wildman–Crippen MR) is 105 cm³/mol. The van der Waals surface area contributed by atoms with Crippen molar-refractivity contribution in [2.45, 2.75) is 6.42 Å². The lowest BCUT2D eigenvalue weighted by atomic mass is 10.3. The number of halogens is 1. The van der Waals surface area contributed by atoms with Gasteiger partial charge in [0.2, 0.25) is 5.91 Å². The Balaban J connectivity index is 1.67. The molecule has 1 aliphatic rings. The van der Waals surface area contributed by atoms with Gasteiger partial charge >= 0.3 is 0 Å². The van der Waals surface area contributed by atoms with E-state index >= 15 is 0 Å². The fourth-order valence-corrected chi connectivity index (χ4v) is 2.97. The third-order valence-corrected chi connectivity index (χ3v) is 4.58. The van der Waals surface area contributed by atoms with E-state index in [0.717, 1.165) is 38.3 Å². The molecule has 0 saturated carbocycles. The molecule has 138 valence electrons. The summed E-state index contributed by atoms with van der Waals surface area (Å²) in [5.74, 6) is 0.0615. The van der Waals surface area contributed by atoms with Crippen molar-refractivity contribution >= 4 is 40.5 Å². The maximum Gasteiger partial charge on any atom is 0.234 e. The molecule has 6 nitrogen and oxygen atoms in total. The summed E-state index contributed by atoms with van der Waals surface area (Å²) in [4.78, 5) is 16.2. The highest BCUT2D eigenvalue weighted by atomic mass is 35.5. The number of thiocarbonyl (C=S) groups is 1. The lowest BCUT2D eigenvalue weighted by molar-refractivity contribution is -0.122. The van der Waals surface area contributed by atoms with Gasteiger partial charge in [-0.05, 0) is 42.9 Å². The van der Waals surface area contributed by atoms with Gasteiger partial charge in [-0.2, -0.15) is 0 Å². The van der Waals surface area contributed by atoms with Crippen molar-refractivity contribution in [3.05, 3.63) is 29.3 Å². The third kappa shape index (κ3) is 7.15. The SMILES string of the molecule is COCCCNC(=O)CN1CCN(C(=S)Nc2ccc(Cl)cc2)CC1. The van der Waals surface area contributed by atoms with E-state index in [1.54, 1.807) is 7.11 Å². The molecule has 1 fully saturated rings. The highest BCUT2D eigenvalue weighted by Gasteiger charge is 2.20. The molecule has 25 heavy (non-hydrogen) atoms. The number of methoxy groups -OCH3 is 1. The van der Waals surface area contributed by atoms with E-state index in [9.17, 15) is 4.79 Å². The summed E-state index contributed by atoms with van der Waals surface area (Å²) in [6.45, 7) is 4.98. The number of nitrogens with zero attached hydrogens (tertiary/aromatic N) is 2. The molecule has 0 aliphatic carbocycles. The summed E-state index contributed by atoms with van der Waals surface area (Å²) in [7, 11) is 1.66. The molecule has 1 aromatic rings. The molecule has 0 atom stereocenters. The fraction of sp³-hybridized carbons (Fsp3) is 0.529. The fourth-order valence-electron chi connectivity index (χ4n) is 2.55. The molecular weight excluding hydrogens is 360 g/mol. The van der Waals surface area contributed by atoms with Crippen molar-refractivity contribution in [1.29, 1.82) is 0 Å². The van der Waals surface area contributed by atoms with E-state index in [0.29, 0.717) is 29.8 Å². The van der Waals surface area contributed by atoms with Crippen molar-refractivity contribution < 1.29 is 9.53 Å². The van der Waals surface area contributed by atoms with Gasteiger partial charge in [-0.15, -0.1) is 0 Å². The van der Waals surface area contributed by atoms with Crippen LogP contribution in [0.2, 0.25) is 5.02 Å². The Labute approximate surface area is 159 Å². The van der Waals surface area contributed by atoms with Crippen molar-refractivity contribution in [1.82, 2.24) is 15.1 Å². The number of anilines is 1. The van der Waals surface area contributed by atoms with Crippen molar-refractivity contribution in [3.8, 4) is 0 Å². The van der Waals surface area contributed by atoms with Crippen LogP contribution in [0.1, 0.15) is 6.42 Å². The van der Waals surface area contributed by atoms with E-state index in [1.807, 2.05) is 24.3 Å². The molecule has 0 aromatic heterocycles. The average Bonchev–Trinajstić information content (AvgIpc) is 2.61. The normalized spacial score (nSPS) is 15.0. The van der Waals surface area contributed by atoms with Gasteiger partial charge in [0.05, 0.1) is 6.54 Å². The molecule has 0 bridgehead atoms. The summed E-state index contributed by atoms with van der Waals surface area (Å²) < 4.78 is 4.96. The number of benzene rings is 1. The Kier molecular flexibility index (Phi) is 8.40. The molecular formula is C17H25ClN4O2S. The molecule has 0 spiro atoms. The van der Waals surface area contributed by atoms with Gasteiger partial charge in [0.1, 0.15) is 0 Å². The molecule has 2 rings (SSSR count). The first-order valence-electron chi connectivity index (χ1n) is 8.38. The molecule has 2 N–H and O–H groups in total. The van der Waals surface area contributed by atoms with Crippen LogP contribution in [0.3, 0.4) is 0 Å². The largest absolute Gasteiger partial charge is 0.385 e. The monoisotopic (exact) mass is 384 g/mol. The molecule has 1 aliphatic heterocycles. The van der Waals surface area contributed by atoms with Gasteiger partial charge in [-0.3, -0.25) is 9.69 Å². The number of nitrogens with one attached hydrogen (secondary N) is 2. The van der Waals surface area contributed by atoms with Crippen LogP contribution in [-0.4, -0.2) is 73.8 Å². The molecule has 0 radical (unpaired) electrons. The second kappa shape index (κ2) is 10.6. The third-order valence-electron chi connectivity index (χ3n) is 3.97. The smallest absolute Gasteiger partial charge is 0.234 e. The van der Waals surface area contributed by atoms with Gasteiger partial charge in [-0.25, -0.2) is 0 Å². The van der Waals surface area contributed by atoms with Crippen LogP contribution < -0.4 is 10.6 Å². The van der Waals surface area contributed by atoms with Crippen molar-refractivity contribution in [3.63, 3.8) is 0 Å². The number of hydrogen-bond acceptors (Lipinski definition) is 4. The van der Waals surface area contributed by atoms with E-state index in [1.165, 1.54) is 0 Å². The molecule has 1 saturated heterocycles. The van der Waals surface area contributed by atoms with Crippen LogP contribution in [-0.2, 0) is 9.53 Å². The first kappa shape index (κ1) is 19.9.